The van der Waals surface area contributed by atoms with Gasteiger partial charge in [-0.3, -0.25) is 9.59 Å². The van der Waals surface area contributed by atoms with E-state index in [1.807, 2.05) is 48.8 Å². The van der Waals surface area contributed by atoms with Crippen molar-refractivity contribution in [2.75, 3.05) is 26.2 Å². The van der Waals surface area contributed by atoms with Crippen LogP contribution in [0.4, 0.5) is 0 Å². The standard InChI is InChI=1S/C17H24N2O2/c1-13(2)17(21)19-9-7-18(8-10-19)16(20)12-15-6-4-5-14(3)11-15/h4-6,11,13H,7-10,12H2,1-3H3. The summed E-state index contributed by atoms with van der Waals surface area (Å²) in [5.74, 6) is 0.359. The summed E-state index contributed by atoms with van der Waals surface area (Å²) in [6.07, 6.45) is 0.444. The molecule has 21 heavy (non-hydrogen) atoms. The minimum Gasteiger partial charge on any atom is -0.339 e. The van der Waals surface area contributed by atoms with Crippen LogP contribution in [0, 0.1) is 12.8 Å². The second kappa shape index (κ2) is 6.74. The van der Waals surface area contributed by atoms with E-state index in [1.54, 1.807) is 0 Å². The van der Waals surface area contributed by atoms with Crippen molar-refractivity contribution in [3.63, 3.8) is 0 Å². The van der Waals surface area contributed by atoms with E-state index in [4.69, 9.17) is 0 Å². The number of aryl methyl sites for hydroxylation is 1. The maximum atomic E-state index is 12.3. The highest BCUT2D eigenvalue weighted by atomic mass is 16.2. The first-order chi connectivity index (χ1) is 9.97. The molecule has 1 fully saturated rings. The predicted molar refractivity (Wildman–Crippen MR) is 82.9 cm³/mol. The molecule has 0 radical (unpaired) electrons. The molecule has 1 aromatic carbocycles. The fourth-order valence-electron chi connectivity index (χ4n) is 2.65. The van der Waals surface area contributed by atoms with Gasteiger partial charge in [0.05, 0.1) is 6.42 Å². The van der Waals surface area contributed by atoms with Gasteiger partial charge in [-0.2, -0.15) is 0 Å². The minimum absolute atomic E-state index is 0.0274. The SMILES string of the molecule is Cc1cccc(CC(=O)N2CCN(C(=O)C(C)C)CC2)c1. The second-order valence-electron chi connectivity index (χ2n) is 6.03. The zero-order chi connectivity index (χ0) is 15.4. The molecule has 0 saturated carbocycles. The number of hydrogen-bond donors (Lipinski definition) is 0. The first-order valence-corrected chi connectivity index (χ1v) is 7.59. The lowest BCUT2D eigenvalue weighted by molar-refractivity contribution is -0.141. The lowest BCUT2D eigenvalue weighted by Crippen LogP contribution is -2.51. The largest absolute Gasteiger partial charge is 0.339 e. The summed E-state index contributed by atoms with van der Waals surface area (Å²) in [5.41, 5.74) is 2.23. The molecule has 0 aliphatic carbocycles. The Hall–Kier alpha value is -1.84. The second-order valence-corrected chi connectivity index (χ2v) is 6.03. The number of benzene rings is 1. The zero-order valence-electron chi connectivity index (χ0n) is 13.1. The van der Waals surface area contributed by atoms with Crippen LogP contribution in [0.15, 0.2) is 24.3 Å². The van der Waals surface area contributed by atoms with Crippen molar-refractivity contribution in [1.82, 2.24) is 9.80 Å². The molecule has 2 rings (SSSR count). The van der Waals surface area contributed by atoms with Gasteiger partial charge in [0.1, 0.15) is 0 Å². The fraction of sp³-hybridized carbons (Fsp3) is 0.529. The Labute approximate surface area is 126 Å². The number of carbonyl (C=O) groups excluding carboxylic acids is 2. The number of amides is 2. The Morgan fingerprint density at radius 2 is 1.71 bits per heavy atom. The first kappa shape index (κ1) is 15.5. The number of piperazine rings is 1. The molecule has 1 saturated heterocycles. The molecule has 0 N–H and O–H groups in total. The molecule has 0 unspecified atom stereocenters. The third-order valence-corrected chi connectivity index (χ3v) is 3.88. The summed E-state index contributed by atoms with van der Waals surface area (Å²) in [6, 6.07) is 8.06. The van der Waals surface area contributed by atoms with Crippen LogP contribution < -0.4 is 0 Å². The maximum Gasteiger partial charge on any atom is 0.227 e. The van der Waals surface area contributed by atoms with E-state index in [9.17, 15) is 9.59 Å². The first-order valence-electron chi connectivity index (χ1n) is 7.59. The molecule has 1 aromatic rings. The van der Waals surface area contributed by atoms with Gasteiger partial charge in [0.25, 0.3) is 0 Å². The van der Waals surface area contributed by atoms with Crippen molar-refractivity contribution in [2.24, 2.45) is 5.92 Å². The average Bonchev–Trinajstić information content (AvgIpc) is 2.46. The Bertz CT molecular complexity index is 517. The molecular weight excluding hydrogens is 264 g/mol. The van der Waals surface area contributed by atoms with Crippen LogP contribution >= 0.6 is 0 Å². The van der Waals surface area contributed by atoms with Crippen LogP contribution in [-0.4, -0.2) is 47.8 Å². The third kappa shape index (κ3) is 4.06. The Morgan fingerprint density at radius 3 is 2.29 bits per heavy atom. The minimum atomic E-state index is 0.0274. The number of rotatable bonds is 3. The summed E-state index contributed by atoms with van der Waals surface area (Å²) >= 11 is 0. The van der Waals surface area contributed by atoms with E-state index < -0.39 is 0 Å². The lowest BCUT2D eigenvalue weighted by atomic mass is 10.1. The van der Waals surface area contributed by atoms with Crippen LogP contribution in [0.5, 0.6) is 0 Å². The van der Waals surface area contributed by atoms with Gasteiger partial charge >= 0.3 is 0 Å². The molecular formula is C17H24N2O2. The quantitative estimate of drug-likeness (QED) is 0.852. The monoisotopic (exact) mass is 288 g/mol. The molecule has 0 aromatic heterocycles. The normalized spacial score (nSPS) is 15.4. The van der Waals surface area contributed by atoms with E-state index >= 15 is 0 Å². The summed E-state index contributed by atoms with van der Waals surface area (Å²) in [7, 11) is 0. The summed E-state index contributed by atoms with van der Waals surface area (Å²) in [5, 5.41) is 0. The van der Waals surface area contributed by atoms with Crippen molar-refractivity contribution in [2.45, 2.75) is 27.2 Å². The van der Waals surface area contributed by atoms with Crippen molar-refractivity contribution >= 4 is 11.8 Å². The van der Waals surface area contributed by atoms with Gasteiger partial charge in [0.2, 0.25) is 11.8 Å². The molecule has 0 atom stereocenters. The molecule has 2 amide bonds. The fourth-order valence-corrected chi connectivity index (χ4v) is 2.65. The van der Waals surface area contributed by atoms with Crippen LogP contribution in [0.1, 0.15) is 25.0 Å². The van der Waals surface area contributed by atoms with Gasteiger partial charge in [0.15, 0.2) is 0 Å². The van der Waals surface area contributed by atoms with Crippen molar-refractivity contribution < 1.29 is 9.59 Å². The van der Waals surface area contributed by atoms with E-state index in [1.165, 1.54) is 5.56 Å². The molecule has 4 heteroatoms. The summed E-state index contributed by atoms with van der Waals surface area (Å²) < 4.78 is 0. The number of hydrogen-bond acceptors (Lipinski definition) is 2. The highest BCUT2D eigenvalue weighted by Crippen LogP contribution is 2.10. The topological polar surface area (TPSA) is 40.6 Å². The van der Waals surface area contributed by atoms with Gasteiger partial charge in [-0.05, 0) is 12.5 Å². The molecule has 0 bridgehead atoms. The average molecular weight is 288 g/mol. The van der Waals surface area contributed by atoms with Crippen molar-refractivity contribution in [3.05, 3.63) is 35.4 Å². The van der Waals surface area contributed by atoms with Gasteiger partial charge in [-0.1, -0.05) is 43.7 Å². The van der Waals surface area contributed by atoms with Crippen LogP contribution in [0.3, 0.4) is 0 Å². The smallest absolute Gasteiger partial charge is 0.227 e. The lowest BCUT2D eigenvalue weighted by Gasteiger charge is -2.35. The van der Waals surface area contributed by atoms with Crippen LogP contribution in [0.2, 0.25) is 0 Å². The van der Waals surface area contributed by atoms with Crippen LogP contribution in [0.25, 0.3) is 0 Å². The van der Waals surface area contributed by atoms with E-state index in [-0.39, 0.29) is 17.7 Å². The molecule has 114 valence electrons. The highest BCUT2D eigenvalue weighted by molar-refractivity contribution is 5.80. The number of nitrogens with zero attached hydrogens (tertiary/aromatic N) is 2. The predicted octanol–water partition coefficient (Wildman–Crippen LogP) is 1.86. The molecule has 1 aliphatic rings. The summed E-state index contributed by atoms with van der Waals surface area (Å²) in [4.78, 5) is 28.0. The Morgan fingerprint density at radius 1 is 1.10 bits per heavy atom. The summed E-state index contributed by atoms with van der Waals surface area (Å²) in [6.45, 7) is 8.44. The molecule has 1 aliphatic heterocycles. The third-order valence-electron chi connectivity index (χ3n) is 3.88. The van der Waals surface area contributed by atoms with E-state index in [0.717, 1.165) is 5.56 Å². The zero-order valence-corrected chi connectivity index (χ0v) is 13.1. The van der Waals surface area contributed by atoms with Gasteiger partial charge in [-0.15, -0.1) is 0 Å². The maximum absolute atomic E-state index is 12.3. The van der Waals surface area contributed by atoms with Crippen LogP contribution in [-0.2, 0) is 16.0 Å². The van der Waals surface area contributed by atoms with Gasteiger partial charge < -0.3 is 9.80 Å². The number of carbonyl (C=O) groups is 2. The molecule has 4 nitrogen and oxygen atoms in total. The van der Waals surface area contributed by atoms with E-state index in [0.29, 0.717) is 32.6 Å². The van der Waals surface area contributed by atoms with Gasteiger partial charge in [-0.25, -0.2) is 0 Å². The van der Waals surface area contributed by atoms with Gasteiger partial charge in [0, 0.05) is 32.1 Å². The highest BCUT2D eigenvalue weighted by Gasteiger charge is 2.25. The Kier molecular flexibility index (Phi) is 4.99. The molecule has 1 heterocycles. The molecule has 0 spiro atoms. The van der Waals surface area contributed by atoms with Crippen molar-refractivity contribution in [1.29, 1.82) is 0 Å². The van der Waals surface area contributed by atoms with E-state index in [2.05, 4.69) is 6.07 Å². The Balaban J connectivity index is 1.87. The van der Waals surface area contributed by atoms with Crippen molar-refractivity contribution in [3.8, 4) is 0 Å².